The van der Waals surface area contributed by atoms with E-state index in [0.717, 1.165) is 38.0 Å². The summed E-state index contributed by atoms with van der Waals surface area (Å²) in [5.74, 6) is 1.64. The summed E-state index contributed by atoms with van der Waals surface area (Å²) in [6.45, 7) is 2.72. The molecule has 0 bridgehead atoms. The van der Waals surface area contributed by atoms with Gasteiger partial charge in [0.05, 0.1) is 11.5 Å². The summed E-state index contributed by atoms with van der Waals surface area (Å²) in [5.41, 5.74) is 0. The normalized spacial score (nSPS) is 38.9. The van der Waals surface area contributed by atoms with Gasteiger partial charge in [-0.2, -0.15) is 0 Å². The second-order valence-corrected chi connectivity index (χ2v) is 9.20. The SMILES string of the molecule is O=S1(=O)CCCN(CC2CCC3CCCCC3N2)CC1. The van der Waals surface area contributed by atoms with Gasteiger partial charge in [-0.05, 0) is 44.6 Å². The van der Waals surface area contributed by atoms with Crippen LogP contribution in [0, 0.1) is 5.92 Å². The van der Waals surface area contributed by atoms with Gasteiger partial charge in [-0.3, -0.25) is 0 Å². The molecule has 20 heavy (non-hydrogen) atoms. The Balaban J connectivity index is 1.50. The number of hydrogen-bond donors (Lipinski definition) is 1. The highest BCUT2D eigenvalue weighted by atomic mass is 32.2. The molecular formula is C15H28N2O2S. The highest BCUT2D eigenvalue weighted by Crippen LogP contribution is 2.32. The molecule has 1 saturated carbocycles. The van der Waals surface area contributed by atoms with Gasteiger partial charge < -0.3 is 10.2 Å². The molecule has 5 heteroatoms. The highest BCUT2D eigenvalue weighted by molar-refractivity contribution is 7.91. The number of nitrogens with one attached hydrogen (secondary N) is 1. The van der Waals surface area contributed by atoms with E-state index in [0.29, 0.717) is 17.5 Å². The first kappa shape index (κ1) is 14.8. The van der Waals surface area contributed by atoms with Crippen LogP contribution >= 0.6 is 0 Å². The number of hydrogen-bond acceptors (Lipinski definition) is 4. The van der Waals surface area contributed by atoms with Crippen molar-refractivity contribution in [2.24, 2.45) is 5.92 Å². The maximum absolute atomic E-state index is 11.7. The third-order valence-corrected chi connectivity index (χ3v) is 7.09. The zero-order chi connectivity index (χ0) is 14.0. The lowest BCUT2D eigenvalue weighted by molar-refractivity contribution is 0.147. The van der Waals surface area contributed by atoms with Gasteiger partial charge in [-0.1, -0.05) is 12.8 Å². The molecule has 0 aromatic carbocycles. The first-order chi connectivity index (χ1) is 9.62. The first-order valence-corrected chi connectivity index (χ1v) is 10.1. The lowest BCUT2D eigenvalue weighted by atomic mass is 9.78. The van der Waals surface area contributed by atoms with E-state index < -0.39 is 9.84 Å². The number of sulfone groups is 1. The Hall–Kier alpha value is -0.130. The van der Waals surface area contributed by atoms with E-state index >= 15 is 0 Å². The van der Waals surface area contributed by atoms with Crippen molar-refractivity contribution in [1.82, 2.24) is 10.2 Å². The Kier molecular flexibility index (Phi) is 4.68. The molecule has 0 aromatic heterocycles. The first-order valence-electron chi connectivity index (χ1n) is 8.31. The summed E-state index contributed by atoms with van der Waals surface area (Å²) in [7, 11) is -2.77. The molecule has 0 spiro atoms. The van der Waals surface area contributed by atoms with Crippen LogP contribution in [0.4, 0.5) is 0 Å². The average Bonchev–Trinajstić information content (AvgIpc) is 2.60. The fraction of sp³-hybridized carbons (Fsp3) is 1.00. The summed E-state index contributed by atoms with van der Waals surface area (Å²) >= 11 is 0. The predicted octanol–water partition coefficient (Wildman–Crippen LogP) is 1.42. The monoisotopic (exact) mass is 300 g/mol. The van der Waals surface area contributed by atoms with E-state index in [2.05, 4.69) is 10.2 Å². The Morgan fingerprint density at radius 3 is 2.70 bits per heavy atom. The van der Waals surface area contributed by atoms with Crippen molar-refractivity contribution in [1.29, 1.82) is 0 Å². The van der Waals surface area contributed by atoms with E-state index in [1.165, 1.54) is 38.5 Å². The van der Waals surface area contributed by atoms with Crippen molar-refractivity contribution in [3.05, 3.63) is 0 Å². The summed E-state index contributed by atoms with van der Waals surface area (Å²) in [6.07, 6.45) is 8.99. The van der Waals surface area contributed by atoms with E-state index in [4.69, 9.17) is 0 Å². The summed E-state index contributed by atoms with van der Waals surface area (Å²) in [5, 5.41) is 3.85. The molecule has 3 unspecified atom stereocenters. The van der Waals surface area contributed by atoms with Crippen LogP contribution in [-0.2, 0) is 9.84 Å². The van der Waals surface area contributed by atoms with Crippen LogP contribution in [0.3, 0.4) is 0 Å². The summed E-state index contributed by atoms with van der Waals surface area (Å²) < 4.78 is 23.3. The lowest BCUT2D eigenvalue weighted by Gasteiger charge is -2.41. The van der Waals surface area contributed by atoms with Crippen molar-refractivity contribution in [3.8, 4) is 0 Å². The summed E-state index contributed by atoms with van der Waals surface area (Å²) in [6, 6.07) is 1.31. The minimum Gasteiger partial charge on any atom is -0.310 e. The maximum Gasteiger partial charge on any atom is 0.151 e. The Bertz CT molecular complexity index is 424. The number of rotatable bonds is 2. The van der Waals surface area contributed by atoms with Crippen molar-refractivity contribution in [2.45, 2.75) is 57.0 Å². The van der Waals surface area contributed by atoms with Gasteiger partial charge >= 0.3 is 0 Å². The van der Waals surface area contributed by atoms with Gasteiger partial charge in [0.2, 0.25) is 0 Å². The maximum atomic E-state index is 11.7. The molecule has 0 radical (unpaired) electrons. The van der Waals surface area contributed by atoms with Crippen LogP contribution in [0.2, 0.25) is 0 Å². The molecule has 0 aromatic rings. The molecule has 4 nitrogen and oxygen atoms in total. The van der Waals surface area contributed by atoms with E-state index in [1.807, 2.05) is 0 Å². The van der Waals surface area contributed by atoms with E-state index in [9.17, 15) is 8.42 Å². The molecular weight excluding hydrogens is 272 g/mol. The Labute approximate surface area is 123 Å². The average molecular weight is 300 g/mol. The van der Waals surface area contributed by atoms with Crippen LogP contribution in [0.1, 0.15) is 44.9 Å². The number of nitrogens with zero attached hydrogens (tertiary/aromatic N) is 1. The third kappa shape index (κ3) is 3.74. The second-order valence-electron chi connectivity index (χ2n) is 6.90. The standard InChI is InChI=1S/C15H28N2O2S/c18-20(19)10-3-8-17(9-11-20)12-14-7-6-13-4-1-2-5-15(13)16-14/h13-16H,1-12H2. The van der Waals surface area contributed by atoms with Crippen LogP contribution in [-0.4, -0.2) is 56.5 Å². The van der Waals surface area contributed by atoms with Crippen LogP contribution in [0.5, 0.6) is 0 Å². The molecule has 1 N–H and O–H groups in total. The molecule has 3 rings (SSSR count). The molecule has 3 fully saturated rings. The number of fused-ring (bicyclic) bond motifs is 1. The second kappa shape index (κ2) is 6.32. The molecule has 3 aliphatic rings. The van der Waals surface area contributed by atoms with Crippen molar-refractivity contribution >= 4 is 9.84 Å². The lowest BCUT2D eigenvalue weighted by Crippen LogP contribution is -2.53. The van der Waals surface area contributed by atoms with Gasteiger partial charge in [-0.15, -0.1) is 0 Å². The minimum atomic E-state index is -2.77. The Morgan fingerprint density at radius 2 is 1.80 bits per heavy atom. The van der Waals surface area contributed by atoms with Crippen LogP contribution < -0.4 is 5.32 Å². The fourth-order valence-electron chi connectivity index (χ4n) is 4.20. The third-order valence-electron chi connectivity index (χ3n) is 5.37. The number of piperidine rings is 1. The van der Waals surface area contributed by atoms with Crippen molar-refractivity contribution in [3.63, 3.8) is 0 Å². The van der Waals surface area contributed by atoms with Gasteiger partial charge in [0, 0.05) is 25.2 Å². The Morgan fingerprint density at radius 1 is 0.950 bits per heavy atom. The highest BCUT2D eigenvalue weighted by Gasteiger charge is 2.32. The molecule has 2 aliphatic heterocycles. The predicted molar refractivity (Wildman–Crippen MR) is 81.6 cm³/mol. The molecule has 116 valence electrons. The minimum absolute atomic E-state index is 0.353. The molecule has 0 amide bonds. The molecule has 2 heterocycles. The van der Waals surface area contributed by atoms with Crippen LogP contribution in [0.25, 0.3) is 0 Å². The van der Waals surface area contributed by atoms with Gasteiger partial charge in [0.1, 0.15) is 0 Å². The topological polar surface area (TPSA) is 49.4 Å². The van der Waals surface area contributed by atoms with Crippen molar-refractivity contribution in [2.75, 3.05) is 31.1 Å². The van der Waals surface area contributed by atoms with Gasteiger partial charge in [-0.25, -0.2) is 8.42 Å². The van der Waals surface area contributed by atoms with E-state index in [-0.39, 0.29) is 0 Å². The molecule has 1 aliphatic carbocycles. The van der Waals surface area contributed by atoms with Crippen LogP contribution in [0.15, 0.2) is 0 Å². The molecule has 3 atom stereocenters. The van der Waals surface area contributed by atoms with E-state index in [1.54, 1.807) is 0 Å². The van der Waals surface area contributed by atoms with Crippen molar-refractivity contribution < 1.29 is 8.42 Å². The zero-order valence-electron chi connectivity index (χ0n) is 12.4. The zero-order valence-corrected chi connectivity index (χ0v) is 13.2. The molecule has 2 saturated heterocycles. The van der Waals surface area contributed by atoms with Gasteiger partial charge in [0.15, 0.2) is 9.84 Å². The summed E-state index contributed by atoms with van der Waals surface area (Å²) in [4.78, 5) is 2.37. The fourth-order valence-corrected chi connectivity index (χ4v) is 5.51. The van der Waals surface area contributed by atoms with Gasteiger partial charge in [0.25, 0.3) is 0 Å². The quantitative estimate of drug-likeness (QED) is 0.838. The largest absolute Gasteiger partial charge is 0.310 e. The smallest absolute Gasteiger partial charge is 0.151 e.